The van der Waals surface area contributed by atoms with Crippen molar-refractivity contribution in [3.63, 3.8) is 0 Å². The van der Waals surface area contributed by atoms with Crippen LogP contribution in [0.5, 0.6) is 0 Å². The number of nitrogens with zero attached hydrogens (tertiary/aromatic N) is 8. The normalized spacial score (nSPS) is 14.9. The third-order valence-electron chi connectivity index (χ3n) is 5.47. The van der Waals surface area contributed by atoms with Crippen LogP contribution >= 0.6 is 0 Å². The molecule has 0 unspecified atom stereocenters. The minimum Gasteiger partial charge on any atom is -0.378 e. The van der Waals surface area contributed by atoms with Crippen LogP contribution in [0.2, 0.25) is 0 Å². The highest BCUT2D eigenvalue weighted by molar-refractivity contribution is 5.50. The van der Waals surface area contributed by atoms with Crippen molar-refractivity contribution in [2.24, 2.45) is 0 Å². The van der Waals surface area contributed by atoms with Gasteiger partial charge in [0.15, 0.2) is 5.65 Å². The molecule has 5 rings (SSSR count). The van der Waals surface area contributed by atoms with E-state index in [0.717, 1.165) is 35.6 Å². The van der Waals surface area contributed by atoms with Crippen molar-refractivity contribution in [3.8, 4) is 0 Å². The summed E-state index contributed by atoms with van der Waals surface area (Å²) in [5, 5.41) is 18.4. The number of fused-ring (bicyclic) bond motifs is 2. The van der Waals surface area contributed by atoms with Crippen LogP contribution in [0.3, 0.4) is 0 Å². The Hall–Kier alpha value is -3.74. The van der Waals surface area contributed by atoms with Gasteiger partial charge in [-0.3, -0.25) is 4.68 Å². The number of anilines is 2. The van der Waals surface area contributed by atoms with Crippen LogP contribution in [-0.4, -0.2) is 53.8 Å². The van der Waals surface area contributed by atoms with Crippen LogP contribution in [0.25, 0.3) is 5.65 Å². The van der Waals surface area contributed by atoms with Crippen molar-refractivity contribution >= 4 is 17.2 Å². The summed E-state index contributed by atoms with van der Waals surface area (Å²) in [6.45, 7) is 4.35. The van der Waals surface area contributed by atoms with Gasteiger partial charge in [0.05, 0.1) is 62.0 Å². The molecule has 1 aliphatic heterocycles. The number of hydrogen-bond donors (Lipinski definition) is 1. The molecule has 0 fully saturated rings. The Morgan fingerprint density at radius 3 is 2.88 bits per heavy atom. The number of hydrogen-bond acceptors (Lipinski definition) is 8. The predicted molar refractivity (Wildman–Crippen MR) is 116 cm³/mol. The van der Waals surface area contributed by atoms with Gasteiger partial charge in [0, 0.05) is 24.8 Å². The van der Waals surface area contributed by atoms with E-state index in [1.165, 1.54) is 0 Å². The monoisotopic (exact) mass is 473 g/mol. The lowest BCUT2D eigenvalue weighted by Gasteiger charge is -2.28. The largest absolute Gasteiger partial charge is 0.420 e. The van der Waals surface area contributed by atoms with Gasteiger partial charge in [-0.1, -0.05) is 0 Å². The molecule has 0 radical (unpaired) electrons. The molecule has 0 amide bonds. The molecule has 178 valence electrons. The summed E-state index contributed by atoms with van der Waals surface area (Å²) in [7, 11) is 0. The van der Waals surface area contributed by atoms with Gasteiger partial charge in [-0.2, -0.15) is 33.6 Å². The van der Waals surface area contributed by atoms with E-state index in [1.54, 1.807) is 17.6 Å². The van der Waals surface area contributed by atoms with Gasteiger partial charge in [0.1, 0.15) is 11.4 Å². The van der Waals surface area contributed by atoms with Gasteiger partial charge in [-0.05, 0) is 19.1 Å². The van der Waals surface area contributed by atoms with Crippen molar-refractivity contribution in [1.82, 2.24) is 34.6 Å². The molecule has 0 saturated heterocycles. The molecular formula is C21H22F3N9O. The van der Waals surface area contributed by atoms with E-state index in [-0.39, 0.29) is 24.9 Å². The second kappa shape index (κ2) is 8.89. The first-order valence-electron chi connectivity index (χ1n) is 10.7. The van der Waals surface area contributed by atoms with E-state index < -0.39 is 11.7 Å². The number of aromatic nitrogens is 7. The van der Waals surface area contributed by atoms with Crippen molar-refractivity contribution in [1.29, 1.82) is 0 Å². The lowest BCUT2D eigenvalue weighted by atomic mass is 10.2. The van der Waals surface area contributed by atoms with Crippen LogP contribution in [0.4, 0.5) is 24.7 Å². The molecule has 4 aromatic heterocycles. The van der Waals surface area contributed by atoms with Crippen molar-refractivity contribution in [2.75, 3.05) is 23.4 Å². The summed E-state index contributed by atoms with van der Waals surface area (Å²) in [4.78, 5) is 6.83. The van der Waals surface area contributed by atoms with E-state index >= 15 is 0 Å². The van der Waals surface area contributed by atoms with Gasteiger partial charge in [0.25, 0.3) is 0 Å². The topological polar surface area (TPSA) is 98.3 Å². The molecule has 10 nitrogen and oxygen atoms in total. The Balaban J connectivity index is 1.16. The Morgan fingerprint density at radius 2 is 2.03 bits per heavy atom. The number of alkyl halides is 3. The second-order valence-electron chi connectivity index (χ2n) is 8.07. The predicted octanol–water partition coefficient (Wildman–Crippen LogP) is 2.77. The Labute approximate surface area is 192 Å². The van der Waals surface area contributed by atoms with Gasteiger partial charge in [-0.15, -0.1) is 0 Å². The zero-order valence-electron chi connectivity index (χ0n) is 18.3. The highest BCUT2D eigenvalue weighted by atomic mass is 19.4. The van der Waals surface area contributed by atoms with E-state index in [2.05, 4.69) is 35.6 Å². The standard InChI is InChI=1S/C21H22F3N9O/c1-14(28-18-10-26-25-9-17(18)21(22,23)24)12-34-13-15-8-16-11-31(6-7-32(16)30-15)19-3-5-33-20(29-19)2-4-27-33/h2-5,8-10,14H,6-7,11-13H2,1H3,(H,25,28)/t14-/m0/s1. The lowest BCUT2D eigenvalue weighted by Crippen LogP contribution is -2.34. The first-order chi connectivity index (χ1) is 16.4. The fourth-order valence-corrected chi connectivity index (χ4v) is 3.88. The molecule has 1 atom stereocenters. The van der Waals surface area contributed by atoms with Gasteiger partial charge < -0.3 is 15.0 Å². The van der Waals surface area contributed by atoms with Crippen molar-refractivity contribution < 1.29 is 17.9 Å². The number of ether oxygens (including phenoxy) is 1. The first kappa shape index (κ1) is 22.1. The summed E-state index contributed by atoms with van der Waals surface area (Å²) >= 11 is 0. The first-order valence-corrected chi connectivity index (χ1v) is 10.7. The average molecular weight is 473 g/mol. The molecular weight excluding hydrogens is 451 g/mol. The molecule has 0 saturated carbocycles. The van der Waals surface area contributed by atoms with E-state index in [9.17, 15) is 13.2 Å². The number of nitrogens with one attached hydrogen (secondary N) is 1. The van der Waals surface area contributed by atoms with E-state index in [1.807, 2.05) is 29.1 Å². The van der Waals surface area contributed by atoms with Gasteiger partial charge in [0.2, 0.25) is 0 Å². The molecule has 0 aliphatic carbocycles. The van der Waals surface area contributed by atoms with Gasteiger partial charge in [-0.25, -0.2) is 9.50 Å². The molecule has 1 N–H and O–H groups in total. The minimum atomic E-state index is -4.51. The summed E-state index contributed by atoms with van der Waals surface area (Å²) in [6, 6.07) is 5.41. The maximum atomic E-state index is 13.1. The van der Waals surface area contributed by atoms with Crippen LogP contribution in [0.1, 0.15) is 23.9 Å². The Bertz CT molecular complexity index is 1290. The third kappa shape index (κ3) is 4.64. The molecule has 13 heteroatoms. The SMILES string of the molecule is C[C@@H](COCc1cc2n(n1)CCN(c1ccn3nccc3n1)C2)Nc1cnncc1C(F)(F)F. The maximum Gasteiger partial charge on any atom is 0.420 e. The van der Waals surface area contributed by atoms with Crippen LogP contribution in [0.15, 0.2) is 43.0 Å². The number of halogens is 3. The third-order valence-corrected chi connectivity index (χ3v) is 5.47. The van der Waals surface area contributed by atoms with Crippen LogP contribution in [0, 0.1) is 0 Å². The zero-order chi connectivity index (χ0) is 23.7. The zero-order valence-corrected chi connectivity index (χ0v) is 18.3. The molecule has 0 aromatic carbocycles. The molecule has 0 spiro atoms. The molecule has 0 bridgehead atoms. The van der Waals surface area contributed by atoms with Gasteiger partial charge >= 0.3 is 6.18 Å². The molecule has 4 aromatic rings. The molecule has 5 heterocycles. The Morgan fingerprint density at radius 1 is 1.18 bits per heavy atom. The van der Waals surface area contributed by atoms with Crippen LogP contribution < -0.4 is 10.2 Å². The maximum absolute atomic E-state index is 13.1. The fourth-order valence-electron chi connectivity index (χ4n) is 3.88. The minimum absolute atomic E-state index is 0.126. The second-order valence-corrected chi connectivity index (χ2v) is 8.07. The smallest absolute Gasteiger partial charge is 0.378 e. The fraction of sp³-hybridized carbons (Fsp3) is 0.381. The summed E-state index contributed by atoms with van der Waals surface area (Å²) in [5.41, 5.74) is 1.62. The van der Waals surface area contributed by atoms with E-state index in [4.69, 9.17) is 4.74 Å². The van der Waals surface area contributed by atoms with Crippen molar-refractivity contribution in [2.45, 2.75) is 38.8 Å². The summed E-state index contributed by atoms with van der Waals surface area (Å²) in [5.74, 6) is 0.877. The average Bonchev–Trinajstić information content (AvgIpc) is 3.44. The van der Waals surface area contributed by atoms with Crippen molar-refractivity contribution in [3.05, 3.63) is 59.9 Å². The summed E-state index contributed by atoms with van der Waals surface area (Å²) in [6.07, 6.45) is 0.857. The van der Waals surface area contributed by atoms with E-state index in [0.29, 0.717) is 19.3 Å². The quantitative estimate of drug-likeness (QED) is 0.438. The Kier molecular flexibility index (Phi) is 5.77. The highest BCUT2D eigenvalue weighted by Crippen LogP contribution is 2.33. The van der Waals surface area contributed by atoms with Crippen LogP contribution in [-0.2, 0) is 30.6 Å². The lowest BCUT2D eigenvalue weighted by molar-refractivity contribution is -0.137. The molecule has 34 heavy (non-hydrogen) atoms. The molecule has 1 aliphatic rings. The summed E-state index contributed by atoms with van der Waals surface area (Å²) < 4.78 is 48.7. The highest BCUT2D eigenvalue weighted by Gasteiger charge is 2.34. The number of rotatable bonds is 7.